The minimum atomic E-state index is -0.640. The molecule has 2 spiro atoms. The zero-order chi connectivity index (χ0) is 22.8. The number of carbonyl (C=O) groups excluding carboxylic acids is 1. The van der Waals surface area contributed by atoms with Crippen LogP contribution in [0.4, 0.5) is 4.79 Å². The van der Waals surface area contributed by atoms with Gasteiger partial charge in [-0.15, -0.1) is 0 Å². The molecule has 7 fully saturated rings. The summed E-state index contributed by atoms with van der Waals surface area (Å²) in [5.41, 5.74) is 1.20. The second-order valence-corrected chi connectivity index (χ2v) is 12.0. The van der Waals surface area contributed by atoms with Gasteiger partial charge in [-0.2, -0.15) is 9.78 Å². The molecule has 8 rings (SSSR count). The van der Waals surface area contributed by atoms with Crippen LogP contribution in [0.3, 0.4) is 0 Å². The van der Waals surface area contributed by atoms with Gasteiger partial charge in [0.15, 0.2) is 0 Å². The van der Waals surface area contributed by atoms with Gasteiger partial charge in [0.2, 0.25) is 11.6 Å². The molecule has 2 atom stereocenters. The molecule has 184 valence electrons. The average Bonchev–Trinajstić information content (AvgIpc) is 3.22. The third-order valence-corrected chi connectivity index (χ3v) is 9.76. The average molecular weight is 468 g/mol. The van der Waals surface area contributed by atoms with Crippen molar-refractivity contribution in [3.05, 3.63) is 29.8 Å². The number of benzene rings is 1. The Morgan fingerprint density at radius 3 is 2.47 bits per heavy atom. The van der Waals surface area contributed by atoms with Gasteiger partial charge in [0, 0.05) is 37.8 Å². The van der Waals surface area contributed by atoms with Crippen LogP contribution >= 0.6 is 0 Å². The van der Waals surface area contributed by atoms with Gasteiger partial charge in [-0.25, -0.2) is 4.79 Å². The lowest BCUT2D eigenvalue weighted by molar-refractivity contribution is -0.390. The highest BCUT2D eigenvalue weighted by Crippen LogP contribution is 2.64. The van der Waals surface area contributed by atoms with Crippen LogP contribution in [0.25, 0.3) is 0 Å². The van der Waals surface area contributed by atoms with E-state index in [0.29, 0.717) is 23.5 Å². The highest BCUT2D eigenvalue weighted by molar-refractivity contribution is 5.70. The first-order valence-corrected chi connectivity index (χ1v) is 13.7. The van der Waals surface area contributed by atoms with Crippen molar-refractivity contribution in [2.45, 2.75) is 94.5 Å². The zero-order valence-corrected chi connectivity index (χ0v) is 20.1. The molecule has 4 bridgehead atoms. The molecule has 1 aromatic rings. The molecule has 1 amide bonds. The lowest BCUT2D eigenvalue weighted by Gasteiger charge is -2.57. The van der Waals surface area contributed by atoms with Gasteiger partial charge in [-0.05, 0) is 99.7 Å². The van der Waals surface area contributed by atoms with E-state index in [1.165, 1.54) is 44.1 Å². The van der Waals surface area contributed by atoms with Crippen LogP contribution in [0.1, 0.15) is 88.5 Å². The van der Waals surface area contributed by atoms with Crippen molar-refractivity contribution in [3.63, 3.8) is 0 Å². The maximum atomic E-state index is 12.6. The van der Waals surface area contributed by atoms with Gasteiger partial charge in [-0.1, -0.05) is 12.1 Å². The summed E-state index contributed by atoms with van der Waals surface area (Å²) in [7, 11) is 0. The van der Waals surface area contributed by atoms with Crippen molar-refractivity contribution in [3.8, 4) is 5.75 Å². The third-order valence-electron chi connectivity index (χ3n) is 9.76. The van der Waals surface area contributed by atoms with E-state index >= 15 is 0 Å². The van der Waals surface area contributed by atoms with Crippen molar-refractivity contribution in [1.29, 1.82) is 0 Å². The molecule has 7 aliphatic rings. The molecule has 0 N–H and O–H groups in total. The second kappa shape index (κ2) is 8.21. The standard InChI is InChI=1S/C28H37NO5/c30-26(29-10-2-1-3-11-29)31-25-8-4-6-21(17-25)22-7-5-9-27(18-22)32-28(34-33-27)23-13-19-12-20(15-23)16-24(28)14-19/h4,6,8,17,19-20,22-24H,1-3,5,7,9-16,18H2/t19?,20?,22?,23?,24?,27-,28?/m1/s1. The first kappa shape index (κ1) is 21.6. The van der Waals surface area contributed by atoms with E-state index in [1.807, 2.05) is 23.1 Å². The van der Waals surface area contributed by atoms with Crippen LogP contribution < -0.4 is 4.74 Å². The summed E-state index contributed by atoms with van der Waals surface area (Å²) >= 11 is 0. The van der Waals surface area contributed by atoms with Crippen LogP contribution in [0, 0.1) is 23.7 Å². The summed E-state index contributed by atoms with van der Waals surface area (Å²) < 4.78 is 12.7. The van der Waals surface area contributed by atoms with Gasteiger partial charge in [0.1, 0.15) is 5.75 Å². The number of rotatable bonds is 2. The molecule has 2 aliphatic heterocycles. The van der Waals surface area contributed by atoms with Gasteiger partial charge >= 0.3 is 6.09 Å². The Morgan fingerprint density at radius 1 is 0.941 bits per heavy atom. The van der Waals surface area contributed by atoms with Gasteiger partial charge in [-0.3, -0.25) is 0 Å². The molecule has 1 aromatic carbocycles. The molecule has 0 radical (unpaired) electrons. The third kappa shape index (κ3) is 3.59. The number of hydrogen-bond donors (Lipinski definition) is 0. The fraction of sp³-hybridized carbons (Fsp3) is 0.750. The summed E-state index contributed by atoms with van der Waals surface area (Å²) in [5.74, 6) is 2.49. The summed E-state index contributed by atoms with van der Waals surface area (Å²) in [6, 6.07) is 8.08. The Hall–Kier alpha value is -1.63. The van der Waals surface area contributed by atoms with Crippen LogP contribution in [0.2, 0.25) is 0 Å². The van der Waals surface area contributed by atoms with Crippen molar-refractivity contribution in [1.82, 2.24) is 4.90 Å². The molecule has 6 nitrogen and oxygen atoms in total. The van der Waals surface area contributed by atoms with E-state index in [9.17, 15) is 4.79 Å². The van der Waals surface area contributed by atoms with E-state index < -0.39 is 11.6 Å². The lowest BCUT2D eigenvalue weighted by Crippen LogP contribution is -2.59. The van der Waals surface area contributed by atoms with Crippen LogP contribution in [-0.2, 0) is 14.5 Å². The van der Waals surface area contributed by atoms with Crippen molar-refractivity contribution in [2.24, 2.45) is 23.7 Å². The first-order valence-electron chi connectivity index (χ1n) is 13.7. The Kier molecular flexibility index (Phi) is 5.22. The fourth-order valence-corrected chi connectivity index (χ4v) is 8.33. The predicted molar refractivity (Wildman–Crippen MR) is 125 cm³/mol. The van der Waals surface area contributed by atoms with Gasteiger partial charge in [0.05, 0.1) is 0 Å². The Balaban J connectivity index is 1.06. The number of amides is 1. The second-order valence-electron chi connectivity index (χ2n) is 12.0. The minimum absolute atomic E-state index is 0.225. The highest BCUT2D eigenvalue weighted by Gasteiger charge is 2.67. The summed E-state index contributed by atoms with van der Waals surface area (Å²) in [5, 5.41) is 0. The van der Waals surface area contributed by atoms with Crippen molar-refractivity contribution < 1.29 is 24.0 Å². The topological polar surface area (TPSA) is 57.2 Å². The van der Waals surface area contributed by atoms with Crippen molar-refractivity contribution in [2.75, 3.05) is 13.1 Å². The molecule has 0 aromatic heterocycles. The SMILES string of the molecule is O=C(Oc1cccc(C2CCC[C@]3(C2)OOC2(O3)C3CC4CC(C3)CC2C4)c1)N1CCCCC1. The number of ether oxygens (including phenoxy) is 2. The maximum Gasteiger partial charge on any atom is 0.415 e. The molecule has 2 heterocycles. The monoisotopic (exact) mass is 467 g/mol. The molecular weight excluding hydrogens is 430 g/mol. The van der Waals surface area contributed by atoms with Crippen LogP contribution in [0.15, 0.2) is 24.3 Å². The highest BCUT2D eigenvalue weighted by atomic mass is 17.3. The van der Waals surface area contributed by atoms with Crippen molar-refractivity contribution >= 4 is 6.09 Å². The summed E-state index contributed by atoms with van der Waals surface area (Å²) in [6.45, 7) is 1.59. The number of likely N-dealkylation sites (tertiary alicyclic amines) is 1. The van der Waals surface area contributed by atoms with Gasteiger partial charge in [0.25, 0.3) is 0 Å². The Labute approximate surface area is 202 Å². The molecule has 6 heteroatoms. The normalized spacial score (nSPS) is 43.1. The predicted octanol–water partition coefficient (Wildman–Crippen LogP) is 6.16. The quantitative estimate of drug-likeness (QED) is 0.488. The largest absolute Gasteiger partial charge is 0.415 e. The maximum absolute atomic E-state index is 12.6. The lowest BCUT2D eigenvalue weighted by atomic mass is 9.53. The number of carbonyl (C=O) groups is 1. The molecule has 34 heavy (non-hydrogen) atoms. The van der Waals surface area contributed by atoms with E-state index in [0.717, 1.165) is 63.5 Å². The Morgan fingerprint density at radius 2 is 1.71 bits per heavy atom. The molecule has 5 saturated carbocycles. The molecule has 1 unspecified atom stereocenters. The molecule has 2 saturated heterocycles. The van der Waals surface area contributed by atoms with Crippen LogP contribution in [-0.4, -0.2) is 35.7 Å². The molecular formula is C28H37NO5. The smallest absolute Gasteiger partial charge is 0.410 e. The number of hydrogen-bond acceptors (Lipinski definition) is 5. The van der Waals surface area contributed by atoms with E-state index in [1.54, 1.807) is 0 Å². The fourth-order valence-electron chi connectivity index (χ4n) is 8.33. The van der Waals surface area contributed by atoms with E-state index in [2.05, 4.69) is 6.07 Å². The summed E-state index contributed by atoms with van der Waals surface area (Å²) in [4.78, 5) is 26.8. The Bertz CT molecular complexity index is 914. The van der Waals surface area contributed by atoms with Crippen LogP contribution in [0.5, 0.6) is 5.75 Å². The summed E-state index contributed by atoms with van der Waals surface area (Å²) in [6.07, 6.45) is 13.3. The van der Waals surface area contributed by atoms with E-state index in [4.69, 9.17) is 19.2 Å². The van der Waals surface area contributed by atoms with E-state index in [-0.39, 0.29) is 6.09 Å². The number of nitrogens with zero attached hydrogens (tertiary/aromatic N) is 1. The zero-order valence-electron chi connectivity index (χ0n) is 20.1. The first-order chi connectivity index (χ1) is 16.6. The number of piperidine rings is 1. The molecule has 5 aliphatic carbocycles. The van der Waals surface area contributed by atoms with Gasteiger partial charge < -0.3 is 14.4 Å². The minimum Gasteiger partial charge on any atom is -0.410 e.